The van der Waals surface area contributed by atoms with Gasteiger partial charge < -0.3 is 4.98 Å². The van der Waals surface area contributed by atoms with Gasteiger partial charge in [0.2, 0.25) is 0 Å². The molecule has 0 saturated heterocycles. The molecule has 0 aliphatic heterocycles. The lowest BCUT2D eigenvalue weighted by atomic mass is 9.73. The van der Waals surface area contributed by atoms with Crippen molar-refractivity contribution in [3.05, 3.63) is 17.2 Å². The first kappa shape index (κ1) is 17.3. The van der Waals surface area contributed by atoms with Gasteiger partial charge in [0.25, 0.3) is 0 Å². The van der Waals surface area contributed by atoms with E-state index in [2.05, 4.69) is 60.4 Å². The van der Waals surface area contributed by atoms with Crippen molar-refractivity contribution in [1.29, 1.82) is 0 Å². The van der Waals surface area contributed by atoms with Gasteiger partial charge in [-0.25, -0.2) is 4.98 Å². The maximum atomic E-state index is 5.03. The van der Waals surface area contributed by atoms with Crippen LogP contribution in [0.3, 0.4) is 0 Å². The third kappa shape index (κ3) is 2.94. The van der Waals surface area contributed by atoms with E-state index in [1.165, 1.54) is 11.4 Å². The zero-order valence-electron chi connectivity index (χ0n) is 14.9. The molecule has 2 heteroatoms. The van der Waals surface area contributed by atoms with Crippen molar-refractivity contribution >= 4 is 0 Å². The van der Waals surface area contributed by atoms with E-state index in [9.17, 15) is 0 Å². The number of nitrogens with one attached hydrogen (secondary N) is 1. The first-order chi connectivity index (χ1) is 9.27. The Morgan fingerprint density at radius 3 is 1.70 bits per heavy atom. The highest BCUT2D eigenvalue weighted by atomic mass is 15.0. The molecule has 0 fully saturated rings. The number of imidazole rings is 1. The van der Waals surface area contributed by atoms with Crippen LogP contribution >= 0.6 is 0 Å². The van der Waals surface area contributed by atoms with E-state index >= 15 is 0 Å². The van der Waals surface area contributed by atoms with E-state index in [4.69, 9.17) is 4.98 Å². The average Bonchev–Trinajstić information content (AvgIpc) is 2.92. The van der Waals surface area contributed by atoms with Crippen molar-refractivity contribution in [2.75, 3.05) is 0 Å². The van der Waals surface area contributed by atoms with Gasteiger partial charge in [0.05, 0.1) is 5.69 Å². The molecule has 0 radical (unpaired) electrons. The Hall–Kier alpha value is -0.790. The quantitative estimate of drug-likeness (QED) is 0.682. The van der Waals surface area contributed by atoms with Crippen LogP contribution in [0, 0.1) is 0 Å². The van der Waals surface area contributed by atoms with Gasteiger partial charge in [-0.15, -0.1) is 0 Å². The lowest BCUT2D eigenvalue weighted by molar-refractivity contribution is 0.382. The number of nitrogens with zero attached hydrogens (tertiary/aromatic N) is 1. The number of aromatic nitrogens is 2. The summed E-state index contributed by atoms with van der Waals surface area (Å²) in [5.74, 6) is 1.61. The molecule has 1 rings (SSSR count). The highest BCUT2D eigenvalue weighted by Gasteiger charge is 2.36. The third-order valence-corrected chi connectivity index (χ3v) is 5.57. The molecule has 0 aliphatic rings. The molecule has 1 N–H and O–H groups in total. The van der Waals surface area contributed by atoms with Gasteiger partial charge >= 0.3 is 0 Å². The molecular weight excluding hydrogens is 244 g/mol. The van der Waals surface area contributed by atoms with Gasteiger partial charge in [-0.1, -0.05) is 55.4 Å². The van der Waals surface area contributed by atoms with Crippen LogP contribution in [-0.2, 0) is 10.8 Å². The normalized spacial score (nSPS) is 13.2. The smallest absolute Gasteiger partial charge is 0.109 e. The first-order valence-electron chi connectivity index (χ1n) is 8.38. The molecule has 0 unspecified atom stereocenters. The summed E-state index contributed by atoms with van der Waals surface area (Å²) in [6, 6.07) is 0. The van der Waals surface area contributed by atoms with Crippen molar-refractivity contribution < 1.29 is 0 Å². The molecule has 2 nitrogen and oxygen atoms in total. The molecule has 0 saturated carbocycles. The van der Waals surface area contributed by atoms with Crippen molar-refractivity contribution in [2.24, 2.45) is 0 Å². The Labute approximate surface area is 125 Å². The molecule has 1 aromatic rings. The third-order valence-electron chi connectivity index (χ3n) is 5.57. The Balaban J connectivity index is 3.49. The van der Waals surface area contributed by atoms with Crippen LogP contribution in [0.4, 0.5) is 0 Å². The summed E-state index contributed by atoms with van der Waals surface area (Å²) in [4.78, 5) is 8.72. The van der Waals surface area contributed by atoms with Gasteiger partial charge in [-0.2, -0.15) is 0 Å². The van der Waals surface area contributed by atoms with Crippen molar-refractivity contribution in [1.82, 2.24) is 9.97 Å². The van der Waals surface area contributed by atoms with E-state index < -0.39 is 0 Å². The Morgan fingerprint density at radius 2 is 1.35 bits per heavy atom. The van der Waals surface area contributed by atoms with Gasteiger partial charge in [0.1, 0.15) is 5.82 Å². The van der Waals surface area contributed by atoms with Crippen LogP contribution in [0.5, 0.6) is 0 Å². The van der Waals surface area contributed by atoms with Gasteiger partial charge in [-0.3, -0.25) is 0 Å². The van der Waals surface area contributed by atoms with E-state index in [1.54, 1.807) is 0 Å². The molecule has 0 spiro atoms. The number of hydrogen-bond acceptors (Lipinski definition) is 1. The SMILES string of the molecule is CCC(C)(CC)c1nc(C(C)C)[nH]c1C(C)(CC)CC. The molecule has 0 atom stereocenters. The summed E-state index contributed by atoms with van der Waals surface area (Å²) < 4.78 is 0. The zero-order chi connectivity index (χ0) is 15.6. The number of hydrogen-bond donors (Lipinski definition) is 1. The summed E-state index contributed by atoms with van der Waals surface area (Å²) in [5, 5.41) is 0. The monoisotopic (exact) mass is 278 g/mol. The summed E-state index contributed by atoms with van der Waals surface area (Å²) in [6.45, 7) is 18.3. The lowest BCUT2D eigenvalue weighted by Crippen LogP contribution is -2.29. The summed E-state index contributed by atoms with van der Waals surface area (Å²) in [6.07, 6.45) is 4.59. The number of rotatable bonds is 7. The van der Waals surface area contributed by atoms with E-state index in [0.717, 1.165) is 31.5 Å². The second-order valence-corrected chi connectivity index (χ2v) is 7.04. The van der Waals surface area contributed by atoms with Gasteiger partial charge in [0, 0.05) is 22.4 Å². The van der Waals surface area contributed by atoms with Crippen LogP contribution in [0.25, 0.3) is 0 Å². The minimum absolute atomic E-state index is 0.185. The molecule has 0 bridgehead atoms. The molecule has 1 aromatic heterocycles. The van der Waals surface area contributed by atoms with Crippen LogP contribution in [-0.4, -0.2) is 9.97 Å². The standard InChI is InChI=1S/C18H34N2/c1-9-17(7,10-2)14-15(18(8,11-3)12-4)20-16(19-14)13(5)6/h13H,9-12H2,1-8H3,(H,19,20). The summed E-state index contributed by atoms with van der Waals surface area (Å²) >= 11 is 0. The average molecular weight is 278 g/mol. The lowest BCUT2D eigenvalue weighted by Gasteiger charge is -2.32. The van der Waals surface area contributed by atoms with E-state index in [1.807, 2.05) is 0 Å². The fourth-order valence-electron chi connectivity index (χ4n) is 2.73. The van der Waals surface area contributed by atoms with E-state index in [0.29, 0.717) is 5.92 Å². The molecule has 0 aromatic carbocycles. The summed E-state index contributed by atoms with van der Waals surface area (Å²) in [7, 11) is 0. The predicted molar refractivity (Wildman–Crippen MR) is 88.5 cm³/mol. The van der Waals surface area contributed by atoms with Gasteiger partial charge in [-0.05, 0) is 25.7 Å². The fraction of sp³-hybridized carbons (Fsp3) is 0.833. The highest BCUT2D eigenvalue weighted by molar-refractivity contribution is 5.31. The van der Waals surface area contributed by atoms with Crippen LogP contribution in [0.15, 0.2) is 0 Å². The molecule has 20 heavy (non-hydrogen) atoms. The molecule has 1 heterocycles. The maximum Gasteiger partial charge on any atom is 0.109 e. The zero-order valence-corrected chi connectivity index (χ0v) is 14.9. The second kappa shape index (κ2) is 6.32. The van der Waals surface area contributed by atoms with Crippen LogP contribution < -0.4 is 0 Å². The van der Waals surface area contributed by atoms with Gasteiger partial charge in [0.15, 0.2) is 0 Å². The molecule has 0 amide bonds. The Kier molecular flexibility index (Phi) is 5.46. The van der Waals surface area contributed by atoms with Crippen molar-refractivity contribution in [3.63, 3.8) is 0 Å². The first-order valence-corrected chi connectivity index (χ1v) is 8.38. The topological polar surface area (TPSA) is 28.7 Å². The Bertz CT molecular complexity index is 385. The Morgan fingerprint density at radius 1 is 0.900 bits per heavy atom. The maximum absolute atomic E-state index is 5.03. The minimum Gasteiger partial charge on any atom is -0.345 e. The summed E-state index contributed by atoms with van der Waals surface area (Å²) in [5.41, 5.74) is 3.10. The highest BCUT2D eigenvalue weighted by Crippen LogP contribution is 2.40. The van der Waals surface area contributed by atoms with Crippen LogP contribution in [0.1, 0.15) is 104 Å². The predicted octanol–water partition coefficient (Wildman–Crippen LogP) is 5.69. The number of H-pyrrole nitrogens is 1. The minimum atomic E-state index is 0.185. The van der Waals surface area contributed by atoms with Crippen molar-refractivity contribution in [3.8, 4) is 0 Å². The molecular formula is C18H34N2. The van der Waals surface area contributed by atoms with Crippen molar-refractivity contribution in [2.45, 2.75) is 97.8 Å². The molecule has 116 valence electrons. The number of aromatic amines is 1. The van der Waals surface area contributed by atoms with E-state index in [-0.39, 0.29) is 10.8 Å². The molecule has 0 aliphatic carbocycles. The van der Waals surface area contributed by atoms with Crippen LogP contribution in [0.2, 0.25) is 0 Å². The second-order valence-electron chi connectivity index (χ2n) is 7.04. The largest absolute Gasteiger partial charge is 0.345 e. The fourth-order valence-corrected chi connectivity index (χ4v) is 2.73.